The molecule has 1 N–H and O–H groups in total. The van der Waals surface area contributed by atoms with Gasteiger partial charge in [-0.15, -0.1) is 5.10 Å². The second kappa shape index (κ2) is 9.12. The third kappa shape index (κ3) is 4.10. The number of carbonyl (C=O) groups excluding carboxylic acids is 3. The molecule has 0 spiro atoms. The monoisotopic (exact) mass is 497 g/mol. The van der Waals surface area contributed by atoms with Crippen LogP contribution in [0.3, 0.4) is 0 Å². The summed E-state index contributed by atoms with van der Waals surface area (Å²) in [4.78, 5) is 40.8. The van der Waals surface area contributed by atoms with Crippen LogP contribution >= 0.6 is 0 Å². The maximum atomic E-state index is 13.5. The maximum Gasteiger partial charge on any atom is 0.325 e. The molecule has 10 nitrogen and oxygen atoms in total. The molecule has 0 aliphatic carbocycles. The predicted molar refractivity (Wildman–Crippen MR) is 135 cm³/mol. The Bertz CT molecular complexity index is 1490. The zero-order chi connectivity index (χ0) is 26.3. The van der Waals surface area contributed by atoms with Crippen molar-refractivity contribution >= 4 is 17.7 Å². The number of hydrogen-bond acceptors (Lipinski definition) is 6. The van der Waals surface area contributed by atoms with E-state index >= 15 is 0 Å². The fourth-order valence-corrected chi connectivity index (χ4v) is 5.04. The van der Waals surface area contributed by atoms with E-state index in [2.05, 4.69) is 32.3 Å². The second-order valence-corrected chi connectivity index (χ2v) is 9.42. The van der Waals surface area contributed by atoms with Gasteiger partial charge in [0.1, 0.15) is 11.9 Å². The smallest absolute Gasteiger partial charge is 0.325 e. The third-order valence-electron chi connectivity index (χ3n) is 7.07. The lowest BCUT2D eigenvalue weighted by Crippen LogP contribution is -2.41. The molecule has 2 aromatic carbocycles. The molecule has 2 aromatic heterocycles. The summed E-state index contributed by atoms with van der Waals surface area (Å²) < 4.78 is 3.56. The zero-order valence-corrected chi connectivity index (χ0v) is 21.0. The number of ketones is 1. The van der Waals surface area contributed by atoms with Crippen LogP contribution in [0.4, 0.5) is 4.79 Å². The largest absolute Gasteiger partial charge is 0.341 e. The van der Waals surface area contributed by atoms with Crippen LogP contribution in [0.2, 0.25) is 0 Å². The summed E-state index contributed by atoms with van der Waals surface area (Å²) in [7, 11) is 0. The van der Waals surface area contributed by atoms with E-state index in [0.717, 1.165) is 21.9 Å². The molecule has 188 valence electrons. The van der Waals surface area contributed by atoms with Crippen molar-refractivity contribution in [2.75, 3.05) is 6.54 Å². The van der Waals surface area contributed by atoms with Crippen molar-refractivity contribution in [1.29, 1.82) is 0 Å². The number of rotatable bonds is 7. The van der Waals surface area contributed by atoms with Crippen molar-refractivity contribution in [3.8, 4) is 5.69 Å². The first-order valence-corrected chi connectivity index (χ1v) is 12.0. The van der Waals surface area contributed by atoms with Crippen molar-refractivity contribution in [3.05, 3.63) is 95.1 Å². The van der Waals surface area contributed by atoms with E-state index in [4.69, 9.17) is 0 Å². The van der Waals surface area contributed by atoms with Crippen LogP contribution in [-0.4, -0.2) is 53.9 Å². The van der Waals surface area contributed by atoms with E-state index in [9.17, 15) is 14.4 Å². The van der Waals surface area contributed by atoms with Crippen molar-refractivity contribution in [1.82, 2.24) is 35.0 Å². The standard InChI is InChI=1S/C27H27N7O3/c1-17-13-23(19(3)34(17)18(2)20-9-6-5-7-10-20)24(35)15-32-25(36)27(4,29-26(32)37)21-11-8-12-22(14-21)33-16-28-30-31-33/h5-14,16,18H,15H2,1-4H3,(H,29,37)/t18-,27-/m1/s1. The Labute approximate surface area is 213 Å². The predicted octanol–water partition coefficient (Wildman–Crippen LogP) is 3.34. The number of aromatic nitrogens is 5. The first-order valence-electron chi connectivity index (χ1n) is 12.0. The van der Waals surface area contributed by atoms with E-state index in [-0.39, 0.29) is 18.4 Å². The minimum Gasteiger partial charge on any atom is -0.341 e. The second-order valence-electron chi connectivity index (χ2n) is 9.42. The Balaban J connectivity index is 1.39. The summed E-state index contributed by atoms with van der Waals surface area (Å²) in [5.41, 5.74) is 3.21. The molecule has 1 aliphatic rings. The van der Waals surface area contributed by atoms with Crippen LogP contribution in [0.25, 0.3) is 5.69 Å². The Kier molecular flexibility index (Phi) is 5.94. The number of tetrazole rings is 1. The number of nitrogens with zero attached hydrogens (tertiary/aromatic N) is 6. The zero-order valence-electron chi connectivity index (χ0n) is 21.0. The van der Waals surface area contributed by atoms with Gasteiger partial charge in [-0.2, -0.15) is 0 Å². The van der Waals surface area contributed by atoms with Gasteiger partial charge in [0.05, 0.1) is 18.3 Å². The fraction of sp³-hybridized carbons (Fsp3) is 0.259. The van der Waals surface area contributed by atoms with Gasteiger partial charge in [0.15, 0.2) is 5.78 Å². The minimum absolute atomic E-state index is 0.0234. The Hall–Kier alpha value is -4.60. The quantitative estimate of drug-likeness (QED) is 0.309. The average molecular weight is 498 g/mol. The number of nitrogens with one attached hydrogen (secondary N) is 1. The van der Waals surface area contributed by atoms with Crippen LogP contribution in [0.1, 0.15) is 52.8 Å². The highest BCUT2D eigenvalue weighted by Crippen LogP contribution is 2.31. The van der Waals surface area contributed by atoms with Gasteiger partial charge in [0, 0.05) is 17.0 Å². The van der Waals surface area contributed by atoms with E-state index < -0.39 is 17.5 Å². The summed E-state index contributed by atoms with van der Waals surface area (Å²) in [5.74, 6) is -0.791. The third-order valence-corrected chi connectivity index (χ3v) is 7.07. The van der Waals surface area contributed by atoms with Gasteiger partial charge in [-0.05, 0) is 67.4 Å². The van der Waals surface area contributed by atoms with Gasteiger partial charge in [-0.1, -0.05) is 42.5 Å². The molecule has 5 rings (SSSR count). The topological polar surface area (TPSA) is 115 Å². The van der Waals surface area contributed by atoms with Crippen LogP contribution in [0, 0.1) is 13.8 Å². The molecule has 4 aromatic rings. The van der Waals surface area contributed by atoms with E-state index in [1.807, 2.05) is 50.2 Å². The van der Waals surface area contributed by atoms with Gasteiger partial charge in [-0.3, -0.25) is 14.5 Å². The molecule has 0 unspecified atom stereocenters. The summed E-state index contributed by atoms with van der Waals surface area (Å²) in [6.07, 6.45) is 1.44. The van der Waals surface area contributed by atoms with Crippen LogP contribution in [-0.2, 0) is 10.3 Å². The lowest BCUT2D eigenvalue weighted by Gasteiger charge is -2.22. The number of imide groups is 1. The molecule has 1 aliphatic heterocycles. The first-order chi connectivity index (χ1) is 17.7. The molecule has 37 heavy (non-hydrogen) atoms. The SMILES string of the molecule is Cc1cc(C(=O)CN2C(=O)N[C@](C)(c3cccc(-n4cnnn4)c3)C2=O)c(C)n1[C@H](C)c1ccccc1. The van der Waals surface area contributed by atoms with Crippen molar-refractivity contribution in [3.63, 3.8) is 0 Å². The highest BCUT2D eigenvalue weighted by atomic mass is 16.2. The lowest BCUT2D eigenvalue weighted by molar-refractivity contribution is -0.130. The number of benzene rings is 2. The highest BCUT2D eigenvalue weighted by molar-refractivity contribution is 6.11. The molecular weight excluding hydrogens is 470 g/mol. The van der Waals surface area contributed by atoms with Crippen LogP contribution in [0.5, 0.6) is 0 Å². The van der Waals surface area contributed by atoms with E-state index in [1.54, 1.807) is 31.2 Å². The number of hydrogen-bond donors (Lipinski definition) is 1. The Morgan fingerprint density at radius 2 is 1.81 bits per heavy atom. The van der Waals surface area contributed by atoms with Crippen molar-refractivity contribution < 1.29 is 14.4 Å². The summed E-state index contributed by atoms with van der Waals surface area (Å²) in [5, 5.41) is 13.9. The number of carbonyl (C=O) groups is 3. The first kappa shape index (κ1) is 24.1. The van der Waals surface area contributed by atoms with Gasteiger partial charge in [-0.25, -0.2) is 9.48 Å². The maximum absolute atomic E-state index is 13.5. The molecule has 1 saturated heterocycles. The van der Waals surface area contributed by atoms with Gasteiger partial charge in [0.25, 0.3) is 5.91 Å². The highest BCUT2D eigenvalue weighted by Gasteiger charge is 2.49. The Morgan fingerprint density at radius 1 is 1.05 bits per heavy atom. The van der Waals surface area contributed by atoms with Gasteiger partial charge < -0.3 is 9.88 Å². The average Bonchev–Trinajstić information content (AvgIpc) is 3.59. The lowest BCUT2D eigenvalue weighted by atomic mass is 9.91. The fourth-order valence-electron chi connectivity index (χ4n) is 5.04. The van der Waals surface area contributed by atoms with E-state index in [1.165, 1.54) is 11.0 Å². The number of Topliss-reactive ketones (excluding diaryl/α,β-unsaturated/α-hetero) is 1. The molecule has 3 amide bonds. The summed E-state index contributed by atoms with van der Waals surface area (Å²) in [6, 6.07) is 18.3. The molecule has 3 heterocycles. The van der Waals surface area contributed by atoms with Crippen molar-refractivity contribution in [2.45, 2.75) is 39.3 Å². The van der Waals surface area contributed by atoms with Gasteiger partial charge >= 0.3 is 6.03 Å². The molecule has 10 heteroatoms. The minimum atomic E-state index is -1.33. The number of amides is 3. The Morgan fingerprint density at radius 3 is 2.51 bits per heavy atom. The van der Waals surface area contributed by atoms with E-state index in [0.29, 0.717) is 16.8 Å². The number of urea groups is 1. The van der Waals surface area contributed by atoms with Crippen LogP contribution in [0.15, 0.2) is 67.0 Å². The molecule has 2 atom stereocenters. The normalized spacial score (nSPS) is 18.2. The summed E-state index contributed by atoms with van der Waals surface area (Å²) >= 11 is 0. The number of aryl methyl sites for hydroxylation is 1. The molecule has 0 bridgehead atoms. The molecule has 0 radical (unpaired) electrons. The molecule has 1 fully saturated rings. The van der Waals surface area contributed by atoms with Gasteiger partial charge in [0.2, 0.25) is 0 Å². The van der Waals surface area contributed by atoms with Crippen LogP contribution < -0.4 is 5.32 Å². The summed E-state index contributed by atoms with van der Waals surface area (Å²) in [6.45, 7) is 7.20. The van der Waals surface area contributed by atoms with Crippen molar-refractivity contribution in [2.24, 2.45) is 0 Å². The molecular formula is C27H27N7O3. The molecule has 0 saturated carbocycles.